The van der Waals surface area contributed by atoms with E-state index in [0.29, 0.717) is 12.0 Å². The number of aliphatic carboxylic acids is 1. The summed E-state index contributed by atoms with van der Waals surface area (Å²) in [5.74, 6) is -4.55. The zero-order valence-electron chi connectivity index (χ0n) is 20.2. The van der Waals surface area contributed by atoms with Crippen LogP contribution in [0.25, 0.3) is 0 Å². The molecule has 1 aromatic carbocycles. The molecule has 3 rings (SSSR count). The van der Waals surface area contributed by atoms with E-state index >= 15 is 0 Å². The number of aromatic hydroxyl groups is 1. The molecule has 7 atom stereocenters. The van der Waals surface area contributed by atoms with Gasteiger partial charge in [-0.25, -0.2) is 4.79 Å². The number of fused-ring (bicyclic) bond motifs is 1. The minimum Gasteiger partial charge on any atom is -0.507 e. The summed E-state index contributed by atoms with van der Waals surface area (Å²) in [5.41, 5.74) is 0.675. The SMILES string of the molecule is CC(C)CC(NC(=O)C(O)C1OC(C)(O)C(C)NC1CC(=O)O)C1Cc2cccc(O)c2C(=O)O1. The van der Waals surface area contributed by atoms with Gasteiger partial charge in [-0.2, -0.15) is 0 Å². The summed E-state index contributed by atoms with van der Waals surface area (Å²) in [7, 11) is 0. The molecule has 0 aliphatic carbocycles. The Morgan fingerprint density at radius 2 is 2.00 bits per heavy atom. The summed E-state index contributed by atoms with van der Waals surface area (Å²) in [4.78, 5) is 37.0. The van der Waals surface area contributed by atoms with Crippen molar-refractivity contribution in [1.82, 2.24) is 10.6 Å². The van der Waals surface area contributed by atoms with Gasteiger partial charge in [0, 0.05) is 12.5 Å². The fourth-order valence-corrected chi connectivity index (χ4v) is 4.58. The molecule has 1 amide bonds. The van der Waals surface area contributed by atoms with Crippen molar-refractivity contribution in [3.05, 3.63) is 29.3 Å². The minimum absolute atomic E-state index is 0.0907. The second-order valence-electron chi connectivity index (χ2n) is 9.88. The van der Waals surface area contributed by atoms with E-state index < -0.39 is 66.5 Å². The highest BCUT2D eigenvalue weighted by Crippen LogP contribution is 2.31. The first-order chi connectivity index (χ1) is 16.3. The van der Waals surface area contributed by atoms with Gasteiger partial charge in [-0.15, -0.1) is 0 Å². The molecule has 6 N–H and O–H groups in total. The number of phenolic OH excluding ortho intramolecular Hbond substituents is 1. The molecule has 1 aromatic rings. The number of carbonyl (C=O) groups is 3. The number of aliphatic hydroxyl groups excluding tert-OH is 1. The van der Waals surface area contributed by atoms with Crippen molar-refractivity contribution in [1.29, 1.82) is 0 Å². The molecule has 1 saturated heterocycles. The second kappa shape index (κ2) is 10.5. The van der Waals surface area contributed by atoms with E-state index in [0.717, 1.165) is 0 Å². The molecular weight excluding hydrogens is 460 g/mol. The number of carboxylic acids is 1. The minimum atomic E-state index is -1.81. The molecule has 0 bridgehead atoms. The van der Waals surface area contributed by atoms with Crippen LogP contribution in [0.5, 0.6) is 5.75 Å². The molecule has 2 aliphatic heterocycles. The standard InChI is InChI=1S/C24H34N2O9/c1-11(2)8-14(17-9-13-6-5-7-16(27)19(13)23(32)34-17)26-22(31)20(30)21-15(10-18(28)29)25-12(3)24(4,33)35-21/h5-7,11-12,14-15,17,20-21,25,27,30,33H,8-10H2,1-4H3,(H,26,31)(H,28,29). The molecule has 0 aromatic heterocycles. The number of ether oxygens (including phenoxy) is 2. The number of benzene rings is 1. The van der Waals surface area contributed by atoms with E-state index in [9.17, 15) is 34.8 Å². The second-order valence-corrected chi connectivity index (χ2v) is 9.88. The van der Waals surface area contributed by atoms with Crippen molar-refractivity contribution in [3.8, 4) is 5.75 Å². The molecule has 0 spiro atoms. The molecule has 0 radical (unpaired) electrons. The van der Waals surface area contributed by atoms with Crippen LogP contribution in [0.2, 0.25) is 0 Å². The van der Waals surface area contributed by atoms with Gasteiger partial charge in [0.1, 0.15) is 23.5 Å². The molecular formula is C24H34N2O9. The monoisotopic (exact) mass is 494 g/mol. The number of hydrogen-bond donors (Lipinski definition) is 6. The number of carboxylic acid groups (broad SMARTS) is 1. The molecule has 11 heteroatoms. The lowest BCUT2D eigenvalue weighted by molar-refractivity contribution is -0.276. The first-order valence-electron chi connectivity index (χ1n) is 11.7. The summed E-state index contributed by atoms with van der Waals surface area (Å²) in [6.07, 6.45) is -3.68. The maximum Gasteiger partial charge on any atom is 0.342 e. The summed E-state index contributed by atoms with van der Waals surface area (Å²) < 4.78 is 11.1. The Morgan fingerprint density at radius 3 is 2.63 bits per heavy atom. The highest BCUT2D eigenvalue weighted by atomic mass is 16.6. The maximum atomic E-state index is 13.1. The average Bonchev–Trinajstić information content (AvgIpc) is 2.74. The lowest BCUT2D eigenvalue weighted by Crippen LogP contribution is -2.68. The van der Waals surface area contributed by atoms with Crippen LogP contribution in [0.3, 0.4) is 0 Å². The Kier molecular flexibility index (Phi) is 8.05. The van der Waals surface area contributed by atoms with Gasteiger partial charge in [-0.3, -0.25) is 9.59 Å². The molecule has 2 aliphatic rings. The zero-order valence-corrected chi connectivity index (χ0v) is 20.2. The van der Waals surface area contributed by atoms with Crippen LogP contribution < -0.4 is 10.6 Å². The zero-order chi connectivity index (χ0) is 26.1. The van der Waals surface area contributed by atoms with Gasteiger partial charge in [0.05, 0.1) is 18.5 Å². The number of amides is 1. The van der Waals surface area contributed by atoms with Crippen molar-refractivity contribution in [2.75, 3.05) is 0 Å². The van der Waals surface area contributed by atoms with Crippen LogP contribution in [0.4, 0.5) is 0 Å². The smallest absolute Gasteiger partial charge is 0.342 e. The lowest BCUT2D eigenvalue weighted by atomic mass is 9.90. The summed E-state index contributed by atoms with van der Waals surface area (Å²) in [6.45, 7) is 6.81. The van der Waals surface area contributed by atoms with Crippen LogP contribution in [0, 0.1) is 5.92 Å². The third kappa shape index (κ3) is 6.10. The number of carbonyl (C=O) groups excluding carboxylic acids is 2. The van der Waals surface area contributed by atoms with E-state index in [-0.39, 0.29) is 23.7 Å². The Bertz CT molecular complexity index is 964. The highest BCUT2D eigenvalue weighted by molar-refractivity contribution is 5.95. The van der Waals surface area contributed by atoms with Gasteiger partial charge in [-0.1, -0.05) is 26.0 Å². The number of cyclic esters (lactones) is 1. The van der Waals surface area contributed by atoms with E-state index in [1.54, 1.807) is 19.1 Å². The fourth-order valence-electron chi connectivity index (χ4n) is 4.58. The van der Waals surface area contributed by atoms with Gasteiger partial charge >= 0.3 is 11.9 Å². The van der Waals surface area contributed by atoms with Gasteiger partial charge in [0.25, 0.3) is 5.91 Å². The van der Waals surface area contributed by atoms with E-state index in [2.05, 4.69) is 10.6 Å². The average molecular weight is 495 g/mol. The van der Waals surface area contributed by atoms with Crippen LogP contribution in [-0.2, 0) is 25.5 Å². The number of esters is 1. The maximum absolute atomic E-state index is 13.1. The number of hydrogen-bond acceptors (Lipinski definition) is 9. The van der Waals surface area contributed by atoms with Crippen molar-refractivity contribution >= 4 is 17.8 Å². The third-order valence-corrected chi connectivity index (χ3v) is 6.53. The van der Waals surface area contributed by atoms with Crippen molar-refractivity contribution in [2.45, 2.75) is 89.2 Å². The van der Waals surface area contributed by atoms with Gasteiger partial charge < -0.3 is 40.5 Å². The van der Waals surface area contributed by atoms with Crippen LogP contribution in [-0.4, -0.2) is 80.5 Å². The molecule has 11 nitrogen and oxygen atoms in total. The first-order valence-corrected chi connectivity index (χ1v) is 11.7. The number of nitrogens with one attached hydrogen (secondary N) is 2. The van der Waals surface area contributed by atoms with Crippen LogP contribution >= 0.6 is 0 Å². The van der Waals surface area contributed by atoms with Crippen molar-refractivity contribution in [2.24, 2.45) is 5.92 Å². The normalized spacial score (nSPS) is 30.2. The van der Waals surface area contributed by atoms with E-state index in [1.807, 2.05) is 13.8 Å². The molecule has 1 fully saturated rings. The number of aliphatic hydroxyl groups is 2. The summed E-state index contributed by atoms with van der Waals surface area (Å²) >= 11 is 0. The van der Waals surface area contributed by atoms with Gasteiger partial charge in [0.15, 0.2) is 11.9 Å². The predicted octanol–water partition coefficient (Wildman–Crippen LogP) is 0.294. The first kappa shape index (κ1) is 26.9. The number of phenols is 1. The van der Waals surface area contributed by atoms with E-state index in [1.165, 1.54) is 13.0 Å². The van der Waals surface area contributed by atoms with Crippen LogP contribution in [0.1, 0.15) is 56.5 Å². The van der Waals surface area contributed by atoms with Gasteiger partial charge in [0.2, 0.25) is 0 Å². The Labute approximate surface area is 203 Å². The Hall–Kier alpha value is -2.73. The lowest BCUT2D eigenvalue weighted by Gasteiger charge is -2.46. The number of morpholine rings is 1. The topological polar surface area (TPSA) is 175 Å². The quantitative estimate of drug-likeness (QED) is 0.276. The molecule has 2 heterocycles. The largest absolute Gasteiger partial charge is 0.507 e. The molecule has 194 valence electrons. The van der Waals surface area contributed by atoms with Crippen molar-refractivity contribution < 1.29 is 44.3 Å². The summed E-state index contributed by atoms with van der Waals surface area (Å²) in [5, 5.41) is 46.3. The molecule has 0 saturated carbocycles. The van der Waals surface area contributed by atoms with Gasteiger partial charge in [-0.05, 0) is 37.8 Å². The van der Waals surface area contributed by atoms with Crippen LogP contribution in [0.15, 0.2) is 18.2 Å². The fraction of sp³-hybridized carbons (Fsp3) is 0.625. The predicted molar refractivity (Wildman–Crippen MR) is 123 cm³/mol. The molecule has 35 heavy (non-hydrogen) atoms. The Morgan fingerprint density at radius 1 is 1.31 bits per heavy atom. The Balaban J connectivity index is 1.80. The molecule has 7 unspecified atom stereocenters. The van der Waals surface area contributed by atoms with Crippen molar-refractivity contribution in [3.63, 3.8) is 0 Å². The summed E-state index contributed by atoms with van der Waals surface area (Å²) in [6, 6.07) is 2.45. The number of rotatable bonds is 8. The third-order valence-electron chi connectivity index (χ3n) is 6.53. The van der Waals surface area contributed by atoms with E-state index in [4.69, 9.17) is 9.47 Å². The highest BCUT2D eigenvalue weighted by Gasteiger charge is 2.48.